The first kappa shape index (κ1) is 29.0. The third-order valence-electron chi connectivity index (χ3n) is 6.03. The van der Waals surface area contributed by atoms with Gasteiger partial charge in [-0.05, 0) is 61.0 Å². The second kappa shape index (κ2) is 13.4. The first-order valence-electron chi connectivity index (χ1n) is 12.4. The van der Waals surface area contributed by atoms with Crippen LogP contribution in [-0.4, -0.2) is 66.3 Å². The van der Waals surface area contributed by atoms with E-state index in [1.807, 2.05) is 13.0 Å². The summed E-state index contributed by atoms with van der Waals surface area (Å²) in [5.41, 5.74) is 2.20. The van der Waals surface area contributed by atoms with Gasteiger partial charge in [0.05, 0.1) is 24.7 Å². The zero-order valence-corrected chi connectivity index (χ0v) is 23.7. The van der Waals surface area contributed by atoms with Crippen molar-refractivity contribution in [2.24, 2.45) is 0 Å². The second-order valence-electron chi connectivity index (χ2n) is 8.72. The van der Waals surface area contributed by atoms with Gasteiger partial charge in [-0.3, -0.25) is 19.3 Å². The van der Waals surface area contributed by atoms with E-state index in [1.54, 1.807) is 41.3 Å². The minimum Gasteiger partial charge on any atom is -0.490 e. The Balaban J connectivity index is 1.57. The number of carbonyl (C=O) groups excluding carboxylic acids is 3. The number of hydrogen-bond acceptors (Lipinski definition) is 7. The molecule has 0 unspecified atom stereocenters. The zero-order valence-electron chi connectivity index (χ0n) is 21.4. The molecule has 0 aromatic heterocycles. The van der Waals surface area contributed by atoms with Crippen molar-refractivity contribution in [1.82, 2.24) is 9.80 Å². The average Bonchev–Trinajstić information content (AvgIpc) is 3.17. The molecule has 0 atom stereocenters. The quantitative estimate of drug-likeness (QED) is 0.263. The van der Waals surface area contributed by atoms with E-state index in [1.165, 1.54) is 0 Å². The van der Waals surface area contributed by atoms with E-state index < -0.39 is 11.1 Å². The summed E-state index contributed by atoms with van der Waals surface area (Å²) in [7, 11) is 0. The number of halogens is 2. The first-order valence-corrected chi connectivity index (χ1v) is 14.0. The molecular formula is C28H28Cl2N2O6S. The van der Waals surface area contributed by atoms with Crippen LogP contribution in [0.1, 0.15) is 23.6 Å². The molecule has 2 heterocycles. The van der Waals surface area contributed by atoms with Crippen LogP contribution < -0.4 is 9.47 Å². The fourth-order valence-corrected chi connectivity index (χ4v) is 5.43. The SMILES string of the molecule is C=CCc1cc(/C=C2/SC(=O)N(CC(=O)N3CCOCC3)C2=O)cc(OCC)c1OCc1ccc(Cl)cc1Cl. The number of benzene rings is 2. The molecule has 11 heteroatoms. The lowest BCUT2D eigenvalue weighted by Gasteiger charge is -2.28. The molecule has 0 saturated carbocycles. The Hall–Kier alpha value is -2.98. The normalized spacial score (nSPS) is 16.6. The van der Waals surface area contributed by atoms with E-state index in [9.17, 15) is 14.4 Å². The predicted octanol–water partition coefficient (Wildman–Crippen LogP) is 5.59. The lowest BCUT2D eigenvalue weighted by Crippen LogP contribution is -2.46. The molecular weight excluding hydrogens is 563 g/mol. The van der Waals surface area contributed by atoms with Gasteiger partial charge >= 0.3 is 0 Å². The van der Waals surface area contributed by atoms with Crippen molar-refractivity contribution in [1.29, 1.82) is 0 Å². The highest BCUT2D eigenvalue weighted by Gasteiger charge is 2.37. The Labute approximate surface area is 241 Å². The summed E-state index contributed by atoms with van der Waals surface area (Å²) in [5.74, 6) is 0.225. The van der Waals surface area contributed by atoms with Crippen molar-refractivity contribution in [3.8, 4) is 11.5 Å². The maximum atomic E-state index is 13.1. The van der Waals surface area contributed by atoms with Crippen LogP contribution in [0.4, 0.5) is 4.79 Å². The molecule has 0 bridgehead atoms. The van der Waals surface area contributed by atoms with Crippen LogP contribution in [-0.2, 0) is 27.4 Å². The number of carbonyl (C=O) groups is 3. The van der Waals surface area contributed by atoms with E-state index in [0.717, 1.165) is 27.8 Å². The van der Waals surface area contributed by atoms with E-state index >= 15 is 0 Å². The van der Waals surface area contributed by atoms with E-state index in [-0.39, 0.29) is 24.0 Å². The van der Waals surface area contributed by atoms with Gasteiger partial charge in [0.1, 0.15) is 13.2 Å². The number of ether oxygens (including phenoxy) is 3. The first-order chi connectivity index (χ1) is 18.8. The molecule has 2 fully saturated rings. The van der Waals surface area contributed by atoms with Crippen LogP contribution in [0.3, 0.4) is 0 Å². The molecule has 39 heavy (non-hydrogen) atoms. The van der Waals surface area contributed by atoms with Crippen molar-refractivity contribution in [2.45, 2.75) is 20.0 Å². The van der Waals surface area contributed by atoms with Crippen LogP contribution in [0.5, 0.6) is 11.5 Å². The average molecular weight is 592 g/mol. The van der Waals surface area contributed by atoms with E-state index in [4.69, 9.17) is 37.4 Å². The number of allylic oxidation sites excluding steroid dienone is 1. The molecule has 2 aromatic rings. The number of hydrogen-bond donors (Lipinski definition) is 0. The Morgan fingerprint density at radius 2 is 1.90 bits per heavy atom. The van der Waals surface area contributed by atoms with Crippen molar-refractivity contribution in [2.75, 3.05) is 39.5 Å². The Morgan fingerprint density at radius 1 is 1.13 bits per heavy atom. The molecule has 3 amide bonds. The van der Waals surface area contributed by atoms with Crippen molar-refractivity contribution < 1.29 is 28.6 Å². The van der Waals surface area contributed by atoms with Gasteiger partial charge in [0.2, 0.25) is 5.91 Å². The van der Waals surface area contributed by atoms with Gasteiger partial charge in [-0.1, -0.05) is 35.3 Å². The summed E-state index contributed by atoms with van der Waals surface area (Å²) < 4.78 is 17.3. The maximum absolute atomic E-state index is 13.1. The lowest BCUT2D eigenvalue weighted by atomic mass is 10.0. The number of rotatable bonds is 10. The van der Waals surface area contributed by atoms with Gasteiger partial charge in [-0.2, -0.15) is 0 Å². The molecule has 0 aliphatic carbocycles. The molecule has 4 rings (SSSR count). The van der Waals surface area contributed by atoms with Gasteiger partial charge in [0.15, 0.2) is 11.5 Å². The molecule has 2 saturated heterocycles. The maximum Gasteiger partial charge on any atom is 0.294 e. The molecule has 0 radical (unpaired) electrons. The Bertz CT molecular complexity index is 1310. The number of amides is 3. The molecule has 0 spiro atoms. The third-order valence-corrected chi connectivity index (χ3v) is 7.53. The van der Waals surface area contributed by atoms with Gasteiger partial charge in [-0.15, -0.1) is 6.58 Å². The monoisotopic (exact) mass is 590 g/mol. The summed E-state index contributed by atoms with van der Waals surface area (Å²) in [6, 6.07) is 8.80. The summed E-state index contributed by atoms with van der Waals surface area (Å²) in [4.78, 5) is 41.1. The Kier molecular flexibility index (Phi) is 9.96. The lowest BCUT2D eigenvalue weighted by molar-refractivity contribution is -0.139. The predicted molar refractivity (Wildman–Crippen MR) is 152 cm³/mol. The number of nitrogens with zero attached hydrogens (tertiary/aromatic N) is 2. The van der Waals surface area contributed by atoms with E-state index in [2.05, 4.69) is 6.58 Å². The third kappa shape index (κ3) is 7.16. The number of thioether (sulfide) groups is 1. The number of morpholine rings is 1. The standard InChI is InChI=1S/C28H28Cl2N2O6S/c1-3-5-19-12-18(13-23(37-4-2)26(19)38-17-20-6-7-21(29)15-22(20)30)14-24-27(34)32(28(35)39-24)16-25(33)31-8-10-36-11-9-31/h3,6-7,12-15H,1,4-5,8-11,16-17H2,2H3/b24-14+. The van der Waals surface area contributed by atoms with Gasteiger partial charge in [0, 0.05) is 34.3 Å². The summed E-state index contributed by atoms with van der Waals surface area (Å²) >= 11 is 13.1. The van der Waals surface area contributed by atoms with Gasteiger partial charge in [0.25, 0.3) is 11.1 Å². The van der Waals surface area contributed by atoms with Crippen LogP contribution >= 0.6 is 35.0 Å². The Morgan fingerprint density at radius 3 is 2.59 bits per heavy atom. The van der Waals surface area contributed by atoms with Crippen LogP contribution in [0, 0.1) is 0 Å². The summed E-state index contributed by atoms with van der Waals surface area (Å²) in [6.07, 6.45) is 3.84. The van der Waals surface area contributed by atoms with Crippen molar-refractivity contribution in [3.05, 3.63) is 74.6 Å². The zero-order chi connectivity index (χ0) is 27.9. The number of imide groups is 1. The van der Waals surface area contributed by atoms with Gasteiger partial charge < -0.3 is 19.1 Å². The fraction of sp³-hybridized carbons (Fsp3) is 0.321. The molecule has 206 valence electrons. The van der Waals surface area contributed by atoms with Crippen molar-refractivity contribution in [3.63, 3.8) is 0 Å². The summed E-state index contributed by atoms with van der Waals surface area (Å²) in [5, 5.41) is 0.541. The fourth-order valence-electron chi connectivity index (χ4n) is 4.12. The molecule has 8 nitrogen and oxygen atoms in total. The molecule has 0 N–H and O–H groups in total. The van der Waals surface area contributed by atoms with Crippen LogP contribution in [0.25, 0.3) is 6.08 Å². The van der Waals surface area contributed by atoms with Crippen LogP contribution in [0.2, 0.25) is 10.0 Å². The largest absolute Gasteiger partial charge is 0.490 e. The topological polar surface area (TPSA) is 85.4 Å². The second-order valence-corrected chi connectivity index (χ2v) is 10.6. The van der Waals surface area contributed by atoms with Crippen LogP contribution in [0.15, 0.2) is 47.9 Å². The van der Waals surface area contributed by atoms with E-state index in [0.29, 0.717) is 66.4 Å². The smallest absolute Gasteiger partial charge is 0.294 e. The minimum absolute atomic E-state index is 0.190. The highest BCUT2D eigenvalue weighted by molar-refractivity contribution is 8.18. The molecule has 2 aliphatic heterocycles. The highest BCUT2D eigenvalue weighted by Crippen LogP contribution is 2.38. The van der Waals surface area contributed by atoms with Crippen molar-refractivity contribution >= 4 is 58.1 Å². The highest BCUT2D eigenvalue weighted by atomic mass is 35.5. The molecule has 2 aromatic carbocycles. The van der Waals surface area contributed by atoms with Gasteiger partial charge in [-0.25, -0.2) is 0 Å². The minimum atomic E-state index is -0.507. The summed E-state index contributed by atoms with van der Waals surface area (Å²) in [6.45, 7) is 7.74. The molecule has 2 aliphatic rings.